The number of rotatable bonds is 1. The third kappa shape index (κ3) is 1.44. The number of hydrogen-bond donors (Lipinski definition) is 1. The van der Waals surface area contributed by atoms with Gasteiger partial charge in [-0.15, -0.1) is 0 Å². The monoisotopic (exact) mass is 174 g/mol. The van der Waals surface area contributed by atoms with Crippen LogP contribution in [0.4, 0.5) is 0 Å². The molecule has 68 valence electrons. The minimum atomic E-state index is 0.425. The van der Waals surface area contributed by atoms with E-state index >= 15 is 0 Å². The lowest BCUT2D eigenvalue weighted by molar-refractivity contribution is 0.406. The minimum absolute atomic E-state index is 0.425. The minimum Gasteiger partial charge on any atom is -0.357 e. The summed E-state index contributed by atoms with van der Waals surface area (Å²) in [7, 11) is 2.01. The van der Waals surface area contributed by atoms with Gasteiger partial charge < -0.3 is 4.90 Å². The molecule has 0 bridgehead atoms. The van der Waals surface area contributed by atoms with Crippen molar-refractivity contribution in [1.82, 2.24) is 4.90 Å². The van der Waals surface area contributed by atoms with Gasteiger partial charge in [0.05, 0.1) is 11.9 Å². The Bertz CT molecular complexity index is 305. The van der Waals surface area contributed by atoms with Crippen molar-refractivity contribution in [2.75, 3.05) is 7.05 Å². The van der Waals surface area contributed by atoms with E-state index in [0.29, 0.717) is 6.04 Å². The van der Waals surface area contributed by atoms with Gasteiger partial charge in [-0.3, -0.25) is 5.41 Å². The zero-order valence-corrected chi connectivity index (χ0v) is 7.83. The van der Waals surface area contributed by atoms with Gasteiger partial charge in [-0.2, -0.15) is 0 Å². The van der Waals surface area contributed by atoms with Gasteiger partial charge >= 0.3 is 0 Å². The fourth-order valence-corrected chi connectivity index (χ4v) is 1.90. The van der Waals surface area contributed by atoms with Crippen LogP contribution >= 0.6 is 0 Å². The standard InChI is InChI=1S/C11H14N2/c1-13-10(7-8-11(13)12)9-5-3-2-4-6-9/h2-6,10,12H,7-8H2,1H3. The van der Waals surface area contributed by atoms with E-state index in [2.05, 4.69) is 29.2 Å². The summed E-state index contributed by atoms with van der Waals surface area (Å²) in [5, 5.41) is 7.66. The normalized spacial score (nSPS) is 22.4. The lowest BCUT2D eigenvalue weighted by Crippen LogP contribution is -2.21. The van der Waals surface area contributed by atoms with Gasteiger partial charge in [0.15, 0.2) is 0 Å². The summed E-state index contributed by atoms with van der Waals surface area (Å²) in [5.74, 6) is 0.758. The van der Waals surface area contributed by atoms with Crippen LogP contribution in [0.2, 0.25) is 0 Å². The fraction of sp³-hybridized carbons (Fsp3) is 0.364. The topological polar surface area (TPSA) is 27.1 Å². The number of nitrogens with one attached hydrogen (secondary N) is 1. The Balaban J connectivity index is 2.24. The van der Waals surface area contributed by atoms with E-state index in [9.17, 15) is 0 Å². The molecule has 1 N–H and O–H groups in total. The Morgan fingerprint density at radius 1 is 1.31 bits per heavy atom. The second-order valence-electron chi connectivity index (χ2n) is 3.52. The van der Waals surface area contributed by atoms with E-state index in [1.54, 1.807) is 0 Å². The van der Waals surface area contributed by atoms with E-state index in [4.69, 9.17) is 5.41 Å². The van der Waals surface area contributed by atoms with Gasteiger partial charge in [0.25, 0.3) is 0 Å². The molecule has 0 spiro atoms. The van der Waals surface area contributed by atoms with Crippen LogP contribution in [0.15, 0.2) is 30.3 Å². The van der Waals surface area contributed by atoms with Gasteiger partial charge in [0.1, 0.15) is 0 Å². The first-order valence-corrected chi connectivity index (χ1v) is 4.64. The van der Waals surface area contributed by atoms with Crippen molar-refractivity contribution in [1.29, 1.82) is 5.41 Å². The van der Waals surface area contributed by atoms with Crippen LogP contribution in [-0.2, 0) is 0 Å². The Labute approximate surface area is 78.7 Å². The molecular weight excluding hydrogens is 160 g/mol. The molecule has 1 saturated heterocycles. The van der Waals surface area contributed by atoms with Crippen LogP contribution < -0.4 is 0 Å². The van der Waals surface area contributed by atoms with E-state index in [1.165, 1.54) is 5.56 Å². The van der Waals surface area contributed by atoms with Crippen molar-refractivity contribution in [2.24, 2.45) is 0 Å². The molecule has 0 amide bonds. The van der Waals surface area contributed by atoms with Crippen molar-refractivity contribution in [3.8, 4) is 0 Å². The van der Waals surface area contributed by atoms with Crippen molar-refractivity contribution >= 4 is 5.84 Å². The molecule has 1 atom stereocenters. The molecule has 0 aromatic heterocycles. The van der Waals surface area contributed by atoms with Crippen molar-refractivity contribution in [3.05, 3.63) is 35.9 Å². The highest BCUT2D eigenvalue weighted by Gasteiger charge is 2.25. The van der Waals surface area contributed by atoms with Crippen LogP contribution in [0.3, 0.4) is 0 Å². The highest BCUT2D eigenvalue weighted by Crippen LogP contribution is 2.30. The van der Waals surface area contributed by atoms with E-state index in [-0.39, 0.29) is 0 Å². The van der Waals surface area contributed by atoms with Gasteiger partial charge in [0, 0.05) is 13.5 Å². The fourth-order valence-electron chi connectivity index (χ4n) is 1.90. The Morgan fingerprint density at radius 3 is 2.54 bits per heavy atom. The molecule has 2 heteroatoms. The Hall–Kier alpha value is -1.31. The summed E-state index contributed by atoms with van der Waals surface area (Å²) >= 11 is 0. The smallest absolute Gasteiger partial charge is 0.0961 e. The maximum absolute atomic E-state index is 7.66. The lowest BCUT2D eigenvalue weighted by atomic mass is 10.1. The van der Waals surface area contributed by atoms with Crippen molar-refractivity contribution < 1.29 is 0 Å². The van der Waals surface area contributed by atoms with Gasteiger partial charge in [-0.1, -0.05) is 30.3 Å². The van der Waals surface area contributed by atoms with Crippen LogP contribution in [0.1, 0.15) is 24.4 Å². The maximum atomic E-state index is 7.66. The molecule has 1 aliphatic heterocycles. The van der Waals surface area contributed by atoms with E-state index < -0.39 is 0 Å². The second-order valence-corrected chi connectivity index (χ2v) is 3.52. The number of hydrogen-bond acceptors (Lipinski definition) is 1. The van der Waals surface area contributed by atoms with E-state index in [1.807, 2.05) is 13.1 Å². The molecule has 1 fully saturated rings. The average molecular weight is 174 g/mol. The molecule has 1 heterocycles. The number of nitrogens with zero attached hydrogens (tertiary/aromatic N) is 1. The molecule has 0 saturated carbocycles. The lowest BCUT2D eigenvalue weighted by Gasteiger charge is -2.21. The largest absolute Gasteiger partial charge is 0.357 e. The van der Waals surface area contributed by atoms with Crippen molar-refractivity contribution in [2.45, 2.75) is 18.9 Å². The Kier molecular flexibility index (Phi) is 2.05. The predicted molar refractivity (Wildman–Crippen MR) is 53.9 cm³/mol. The summed E-state index contributed by atoms with van der Waals surface area (Å²) in [6.07, 6.45) is 2.00. The molecule has 13 heavy (non-hydrogen) atoms. The summed E-state index contributed by atoms with van der Waals surface area (Å²) < 4.78 is 0. The molecule has 1 aromatic carbocycles. The summed E-state index contributed by atoms with van der Waals surface area (Å²) in [4.78, 5) is 2.06. The summed E-state index contributed by atoms with van der Waals surface area (Å²) in [6.45, 7) is 0. The van der Waals surface area contributed by atoms with Crippen molar-refractivity contribution in [3.63, 3.8) is 0 Å². The van der Waals surface area contributed by atoms with Crippen LogP contribution in [0.5, 0.6) is 0 Å². The van der Waals surface area contributed by atoms with Gasteiger partial charge in [0.2, 0.25) is 0 Å². The van der Waals surface area contributed by atoms with Crippen LogP contribution in [-0.4, -0.2) is 17.8 Å². The molecule has 1 unspecified atom stereocenters. The molecule has 0 radical (unpaired) electrons. The zero-order chi connectivity index (χ0) is 9.26. The summed E-state index contributed by atoms with van der Waals surface area (Å²) in [6, 6.07) is 10.9. The molecule has 2 nitrogen and oxygen atoms in total. The van der Waals surface area contributed by atoms with Crippen LogP contribution in [0, 0.1) is 5.41 Å². The third-order valence-electron chi connectivity index (χ3n) is 2.73. The number of amidine groups is 1. The third-order valence-corrected chi connectivity index (χ3v) is 2.73. The first-order chi connectivity index (χ1) is 6.29. The molecule has 1 aliphatic rings. The molecule has 1 aromatic rings. The van der Waals surface area contributed by atoms with E-state index in [0.717, 1.165) is 18.7 Å². The molecule has 2 rings (SSSR count). The molecule has 0 aliphatic carbocycles. The first-order valence-electron chi connectivity index (χ1n) is 4.64. The highest BCUT2D eigenvalue weighted by atomic mass is 15.2. The second kappa shape index (κ2) is 3.21. The maximum Gasteiger partial charge on any atom is 0.0961 e. The quantitative estimate of drug-likeness (QED) is 0.695. The first kappa shape index (κ1) is 8.30. The summed E-state index contributed by atoms with van der Waals surface area (Å²) in [5.41, 5.74) is 1.33. The van der Waals surface area contributed by atoms with Gasteiger partial charge in [-0.25, -0.2) is 0 Å². The molecular formula is C11H14N2. The van der Waals surface area contributed by atoms with Gasteiger partial charge in [-0.05, 0) is 12.0 Å². The Morgan fingerprint density at radius 2 is 2.00 bits per heavy atom. The number of benzene rings is 1. The average Bonchev–Trinajstić information content (AvgIpc) is 2.49. The SMILES string of the molecule is CN1C(=N)CCC1c1ccccc1. The zero-order valence-electron chi connectivity index (χ0n) is 7.83. The predicted octanol–water partition coefficient (Wildman–Crippen LogP) is 2.43. The highest BCUT2D eigenvalue weighted by molar-refractivity contribution is 5.81. The number of likely N-dealkylation sites (tertiary alicyclic amines) is 1. The van der Waals surface area contributed by atoms with Crippen LogP contribution in [0.25, 0.3) is 0 Å².